The third-order valence-electron chi connectivity index (χ3n) is 7.31. The first kappa shape index (κ1) is 28.5. The summed E-state index contributed by atoms with van der Waals surface area (Å²) in [6, 6.07) is 33.5. The largest absolute Gasteiger partial charge is 0.492 e. The maximum atomic E-state index is 6.45. The minimum absolute atomic E-state index is 0.312. The Labute approximate surface area is 263 Å². The summed E-state index contributed by atoms with van der Waals surface area (Å²) in [6.45, 7) is 2.15. The molecule has 212 valence electrons. The number of rotatable bonds is 10. The van der Waals surface area contributed by atoms with E-state index in [1.165, 1.54) is 0 Å². The van der Waals surface area contributed by atoms with E-state index in [0.29, 0.717) is 36.6 Å². The quantitative estimate of drug-likeness (QED) is 0.0911. The molecule has 1 aliphatic heterocycles. The van der Waals surface area contributed by atoms with E-state index in [0.717, 1.165) is 43.7 Å². The number of amidine groups is 1. The Morgan fingerprint density at radius 3 is 2.10 bits per heavy atom. The topological polar surface area (TPSA) is 63.5 Å². The molecule has 0 spiro atoms. The molecule has 0 saturated heterocycles. The number of aromatic nitrogens is 2. The highest BCUT2D eigenvalue weighted by atomic mass is 79.9. The molecule has 0 aliphatic carbocycles. The summed E-state index contributed by atoms with van der Waals surface area (Å²) >= 11 is 16.0. The molecular formula is C33H28BrCl2N5O. The van der Waals surface area contributed by atoms with Crippen molar-refractivity contribution in [2.24, 2.45) is 4.99 Å². The molecule has 0 saturated carbocycles. The molecule has 1 aromatic heterocycles. The number of nitrogens with one attached hydrogen (secondary N) is 2. The van der Waals surface area contributed by atoms with Gasteiger partial charge in [-0.2, -0.15) is 5.10 Å². The molecule has 1 aliphatic rings. The van der Waals surface area contributed by atoms with Crippen LogP contribution in [0.1, 0.15) is 27.8 Å². The highest BCUT2D eigenvalue weighted by molar-refractivity contribution is 9.10. The van der Waals surface area contributed by atoms with E-state index >= 15 is 0 Å². The lowest BCUT2D eigenvalue weighted by Crippen LogP contribution is -2.38. The van der Waals surface area contributed by atoms with Crippen LogP contribution in [-0.2, 0) is 18.6 Å². The SMILES string of the molecule is ClC1=NCc2c(OCCNCc3cnn(C(c4ccccc4)(c4ccccc4)c4ccccc4)c3)cc(Br)c(Cl)c2N1. The first-order valence-electron chi connectivity index (χ1n) is 13.6. The van der Waals surface area contributed by atoms with Gasteiger partial charge in [-0.15, -0.1) is 0 Å². The summed E-state index contributed by atoms with van der Waals surface area (Å²) in [4.78, 5) is 4.27. The molecule has 4 aromatic carbocycles. The number of hydrogen-bond donors (Lipinski definition) is 2. The molecule has 0 amide bonds. The van der Waals surface area contributed by atoms with Crippen LogP contribution in [0, 0.1) is 0 Å². The van der Waals surface area contributed by atoms with E-state index in [1.807, 2.05) is 30.5 Å². The molecule has 0 radical (unpaired) electrons. The Morgan fingerprint density at radius 1 is 0.905 bits per heavy atom. The number of fused-ring (bicyclic) bond motifs is 1. The predicted octanol–water partition coefficient (Wildman–Crippen LogP) is 7.83. The zero-order valence-corrected chi connectivity index (χ0v) is 25.7. The van der Waals surface area contributed by atoms with Crippen LogP contribution in [0.25, 0.3) is 0 Å². The summed E-state index contributed by atoms with van der Waals surface area (Å²) in [6.07, 6.45) is 4.05. The number of hydrogen-bond acceptors (Lipinski definition) is 5. The molecule has 2 heterocycles. The van der Waals surface area contributed by atoms with Crippen molar-refractivity contribution < 1.29 is 4.74 Å². The van der Waals surface area contributed by atoms with Gasteiger partial charge in [0.1, 0.15) is 17.9 Å². The number of anilines is 1. The van der Waals surface area contributed by atoms with E-state index in [-0.39, 0.29) is 0 Å². The summed E-state index contributed by atoms with van der Waals surface area (Å²) in [5.41, 5.74) is 5.45. The Kier molecular flexibility index (Phi) is 8.63. The van der Waals surface area contributed by atoms with Crippen LogP contribution in [0.4, 0.5) is 5.69 Å². The fraction of sp³-hybridized carbons (Fsp3) is 0.152. The van der Waals surface area contributed by atoms with Crippen LogP contribution in [0.5, 0.6) is 5.75 Å². The van der Waals surface area contributed by atoms with Crippen molar-refractivity contribution in [2.45, 2.75) is 18.6 Å². The zero-order valence-electron chi connectivity index (χ0n) is 22.6. The smallest absolute Gasteiger partial charge is 0.196 e. The molecule has 0 unspecified atom stereocenters. The third kappa shape index (κ3) is 5.57. The van der Waals surface area contributed by atoms with E-state index in [4.69, 9.17) is 33.0 Å². The molecule has 6 rings (SSSR count). The lowest BCUT2D eigenvalue weighted by Gasteiger charge is -2.36. The van der Waals surface area contributed by atoms with Crippen LogP contribution in [-0.4, -0.2) is 28.2 Å². The van der Waals surface area contributed by atoms with Gasteiger partial charge in [-0.05, 0) is 50.3 Å². The lowest BCUT2D eigenvalue weighted by molar-refractivity contribution is 0.310. The summed E-state index contributed by atoms with van der Waals surface area (Å²) in [5, 5.41) is 12.3. The van der Waals surface area contributed by atoms with Gasteiger partial charge in [0, 0.05) is 34.9 Å². The fourth-order valence-electron chi connectivity index (χ4n) is 5.38. The second-order valence-corrected chi connectivity index (χ2v) is 11.5. The number of aliphatic imine (C=N–C) groups is 1. The van der Waals surface area contributed by atoms with Crippen molar-refractivity contribution in [1.29, 1.82) is 0 Å². The minimum atomic E-state index is -0.633. The van der Waals surface area contributed by atoms with Crippen LogP contribution in [0.3, 0.4) is 0 Å². The van der Waals surface area contributed by atoms with Gasteiger partial charge >= 0.3 is 0 Å². The molecule has 0 bridgehead atoms. The van der Waals surface area contributed by atoms with Crippen molar-refractivity contribution in [3.05, 3.63) is 147 Å². The number of ether oxygens (including phenoxy) is 1. The standard InChI is InChI=1S/C33H28BrCl2N5O/c34-28-18-29(27-21-38-32(36)40-31(27)30(28)35)42-17-16-37-19-23-20-39-41(22-23)33(24-10-4-1-5-11-24,25-12-6-2-7-13-25)26-14-8-3-9-15-26/h1-15,18,20,22,37H,16-17,19,21H2,(H,38,40). The van der Waals surface area contributed by atoms with Crippen LogP contribution < -0.4 is 15.4 Å². The molecule has 2 N–H and O–H groups in total. The maximum absolute atomic E-state index is 6.45. The normalized spacial score (nSPS) is 12.8. The highest BCUT2D eigenvalue weighted by Gasteiger charge is 2.39. The molecule has 0 fully saturated rings. The van der Waals surface area contributed by atoms with Crippen molar-refractivity contribution in [1.82, 2.24) is 15.1 Å². The number of nitrogens with zero attached hydrogens (tertiary/aromatic N) is 3. The zero-order chi connectivity index (χ0) is 28.9. The Balaban J connectivity index is 1.21. The monoisotopic (exact) mass is 659 g/mol. The summed E-state index contributed by atoms with van der Waals surface area (Å²) < 4.78 is 8.93. The van der Waals surface area contributed by atoms with Gasteiger partial charge in [0.2, 0.25) is 0 Å². The average Bonchev–Trinajstić information content (AvgIpc) is 3.50. The van der Waals surface area contributed by atoms with Gasteiger partial charge in [0.15, 0.2) is 5.29 Å². The van der Waals surface area contributed by atoms with Crippen LogP contribution in [0.15, 0.2) is 119 Å². The minimum Gasteiger partial charge on any atom is -0.492 e. The van der Waals surface area contributed by atoms with Gasteiger partial charge in [-0.1, -0.05) is 103 Å². The van der Waals surface area contributed by atoms with Gasteiger partial charge in [0.05, 0.1) is 23.5 Å². The van der Waals surface area contributed by atoms with Crippen molar-refractivity contribution in [3.8, 4) is 5.75 Å². The number of benzene rings is 4. The van der Waals surface area contributed by atoms with Gasteiger partial charge in [0.25, 0.3) is 0 Å². The average molecular weight is 661 g/mol. The molecule has 6 nitrogen and oxygen atoms in total. The maximum Gasteiger partial charge on any atom is 0.196 e. The summed E-state index contributed by atoms with van der Waals surface area (Å²) in [5.74, 6) is 0.717. The Morgan fingerprint density at radius 2 is 1.50 bits per heavy atom. The summed E-state index contributed by atoms with van der Waals surface area (Å²) in [7, 11) is 0. The fourth-order valence-corrected chi connectivity index (χ4v) is 6.16. The van der Waals surface area contributed by atoms with Crippen molar-refractivity contribution in [2.75, 3.05) is 18.5 Å². The van der Waals surface area contributed by atoms with Gasteiger partial charge < -0.3 is 15.4 Å². The molecule has 9 heteroatoms. The second-order valence-electron chi connectivity index (χ2n) is 9.88. The lowest BCUT2D eigenvalue weighted by atomic mass is 9.77. The first-order valence-corrected chi connectivity index (χ1v) is 15.1. The first-order chi connectivity index (χ1) is 20.6. The van der Waals surface area contributed by atoms with Crippen LogP contribution >= 0.6 is 39.1 Å². The predicted molar refractivity (Wildman–Crippen MR) is 174 cm³/mol. The molecule has 5 aromatic rings. The van der Waals surface area contributed by atoms with Crippen LogP contribution in [0.2, 0.25) is 5.02 Å². The van der Waals surface area contributed by atoms with E-state index in [9.17, 15) is 0 Å². The van der Waals surface area contributed by atoms with Gasteiger partial charge in [-0.25, -0.2) is 0 Å². The van der Waals surface area contributed by atoms with Crippen molar-refractivity contribution >= 4 is 50.1 Å². The molecule has 42 heavy (non-hydrogen) atoms. The molecular weight excluding hydrogens is 633 g/mol. The van der Waals surface area contributed by atoms with E-state index < -0.39 is 5.54 Å². The highest BCUT2D eigenvalue weighted by Crippen LogP contribution is 2.42. The molecule has 0 atom stereocenters. The van der Waals surface area contributed by atoms with Gasteiger partial charge in [-0.3, -0.25) is 9.67 Å². The Hall–Kier alpha value is -3.62. The second kappa shape index (κ2) is 12.7. The third-order valence-corrected chi connectivity index (χ3v) is 8.77. The number of halogens is 3. The van der Waals surface area contributed by atoms with Crippen molar-refractivity contribution in [3.63, 3.8) is 0 Å². The van der Waals surface area contributed by atoms with E-state index in [1.54, 1.807) is 0 Å². The Bertz CT molecular complexity index is 1600. The van der Waals surface area contributed by atoms with E-state index in [2.05, 4.69) is 115 Å².